The molecule has 0 atom stereocenters. The molecule has 0 bridgehead atoms. The van der Waals surface area contributed by atoms with Gasteiger partial charge in [0.05, 0.1) is 11.1 Å². The first-order chi connectivity index (χ1) is 5.18. The molecule has 0 aliphatic rings. The second kappa shape index (κ2) is 3.63. The highest BCUT2D eigenvalue weighted by Crippen LogP contribution is 2.17. The van der Waals surface area contributed by atoms with Crippen molar-refractivity contribution >= 4 is 11.6 Å². The third kappa shape index (κ3) is 2.81. The SMILES string of the molecule is CC(C)Oc1cc[c]c(Cl)c1. The topological polar surface area (TPSA) is 9.23 Å². The van der Waals surface area contributed by atoms with E-state index in [-0.39, 0.29) is 6.10 Å². The van der Waals surface area contributed by atoms with Gasteiger partial charge in [0.15, 0.2) is 0 Å². The molecule has 0 saturated carbocycles. The van der Waals surface area contributed by atoms with Crippen molar-refractivity contribution in [1.82, 2.24) is 0 Å². The van der Waals surface area contributed by atoms with E-state index in [0.29, 0.717) is 5.02 Å². The highest BCUT2D eigenvalue weighted by molar-refractivity contribution is 6.30. The van der Waals surface area contributed by atoms with Crippen LogP contribution in [0.1, 0.15) is 13.8 Å². The summed E-state index contributed by atoms with van der Waals surface area (Å²) in [5.74, 6) is 0.795. The fraction of sp³-hybridized carbons (Fsp3) is 0.333. The molecule has 11 heavy (non-hydrogen) atoms. The van der Waals surface area contributed by atoms with Gasteiger partial charge < -0.3 is 4.74 Å². The fourth-order valence-electron chi connectivity index (χ4n) is 0.764. The van der Waals surface area contributed by atoms with Gasteiger partial charge in [-0.3, -0.25) is 0 Å². The third-order valence-corrected chi connectivity index (χ3v) is 1.33. The van der Waals surface area contributed by atoms with Crippen molar-refractivity contribution in [3.63, 3.8) is 0 Å². The fourth-order valence-corrected chi connectivity index (χ4v) is 0.934. The highest BCUT2D eigenvalue weighted by Gasteiger charge is 1.96. The van der Waals surface area contributed by atoms with Gasteiger partial charge in [0.1, 0.15) is 5.75 Å². The van der Waals surface area contributed by atoms with Crippen molar-refractivity contribution in [2.24, 2.45) is 0 Å². The Labute approximate surface area is 71.9 Å². The van der Waals surface area contributed by atoms with Gasteiger partial charge in [0, 0.05) is 6.07 Å². The number of hydrogen-bond donors (Lipinski definition) is 0. The lowest BCUT2D eigenvalue weighted by atomic mass is 10.3. The Morgan fingerprint density at radius 2 is 2.27 bits per heavy atom. The number of ether oxygens (including phenoxy) is 1. The van der Waals surface area contributed by atoms with Crippen LogP contribution in [0.4, 0.5) is 0 Å². The van der Waals surface area contributed by atoms with Crippen LogP contribution in [0, 0.1) is 6.07 Å². The molecule has 1 aromatic rings. The molecule has 0 aliphatic heterocycles. The van der Waals surface area contributed by atoms with Crippen LogP contribution in [0.25, 0.3) is 0 Å². The van der Waals surface area contributed by atoms with Gasteiger partial charge in [0.2, 0.25) is 0 Å². The number of halogens is 1. The number of hydrogen-bond acceptors (Lipinski definition) is 1. The van der Waals surface area contributed by atoms with E-state index in [0.717, 1.165) is 5.75 Å². The molecule has 0 spiro atoms. The summed E-state index contributed by atoms with van der Waals surface area (Å²) in [4.78, 5) is 0. The molecular weight excluding hydrogens is 160 g/mol. The number of benzene rings is 1. The van der Waals surface area contributed by atoms with Gasteiger partial charge in [0.25, 0.3) is 0 Å². The summed E-state index contributed by atoms with van der Waals surface area (Å²) in [5, 5.41) is 0.586. The molecule has 0 aliphatic carbocycles. The van der Waals surface area contributed by atoms with E-state index in [9.17, 15) is 0 Å². The van der Waals surface area contributed by atoms with E-state index in [1.165, 1.54) is 0 Å². The van der Waals surface area contributed by atoms with Gasteiger partial charge >= 0.3 is 0 Å². The van der Waals surface area contributed by atoms with Crippen molar-refractivity contribution in [2.75, 3.05) is 0 Å². The van der Waals surface area contributed by atoms with E-state index in [2.05, 4.69) is 6.07 Å². The van der Waals surface area contributed by atoms with Crippen LogP contribution in [0.5, 0.6) is 5.75 Å². The summed E-state index contributed by atoms with van der Waals surface area (Å²) in [7, 11) is 0. The van der Waals surface area contributed by atoms with Crippen LogP contribution >= 0.6 is 11.6 Å². The zero-order chi connectivity index (χ0) is 8.27. The van der Waals surface area contributed by atoms with Gasteiger partial charge in [-0.2, -0.15) is 0 Å². The Kier molecular flexibility index (Phi) is 2.77. The molecule has 1 aromatic carbocycles. The Hall–Kier alpha value is -0.690. The van der Waals surface area contributed by atoms with Crippen molar-refractivity contribution in [1.29, 1.82) is 0 Å². The molecule has 0 saturated heterocycles. The van der Waals surface area contributed by atoms with Gasteiger partial charge in [-0.1, -0.05) is 11.6 Å². The minimum atomic E-state index is 0.188. The number of rotatable bonds is 2. The van der Waals surface area contributed by atoms with E-state index in [1.807, 2.05) is 19.9 Å². The van der Waals surface area contributed by atoms with Crippen molar-refractivity contribution in [3.05, 3.63) is 29.3 Å². The van der Waals surface area contributed by atoms with Crippen LogP contribution in [-0.4, -0.2) is 6.10 Å². The van der Waals surface area contributed by atoms with E-state index < -0.39 is 0 Å². The lowest BCUT2D eigenvalue weighted by Gasteiger charge is -2.08. The van der Waals surface area contributed by atoms with E-state index >= 15 is 0 Å². The van der Waals surface area contributed by atoms with E-state index in [4.69, 9.17) is 16.3 Å². The average Bonchev–Trinajstić information content (AvgIpc) is 1.85. The minimum Gasteiger partial charge on any atom is -0.491 e. The Balaban J connectivity index is 2.71. The second-order valence-electron chi connectivity index (χ2n) is 2.54. The van der Waals surface area contributed by atoms with Crippen LogP contribution in [0.15, 0.2) is 18.2 Å². The maximum Gasteiger partial charge on any atom is 0.121 e. The zero-order valence-corrected chi connectivity index (χ0v) is 7.35. The Morgan fingerprint density at radius 3 is 2.82 bits per heavy atom. The Morgan fingerprint density at radius 1 is 1.55 bits per heavy atom. The molecule has 0 N–H and O–H groups in total. The summed E-state index contributed by atoms with van der Waals surface area (Å²) >= 11 is 5.69. The van der Waals surface area contributed by atoms with Gasteiger partial charge in [-0.15, -0.1) is 0 Å². The quantitative estimate of drug-likeness (QED) is 0.662. The standard InChI is InChI=1S/C9H10ClO/c1-7(2)11-9-5-3-4-8(10)6-9/h3,5-7H,1-2H3. The lowest BCUT2D eigenvalue weighted by Crippen LogP contribution is -2.04. The molecule has 59 valence electrons. The molecule has 0 unspecified atom stereocenters. The third-order valence-electron chi connectivity index (χ3n) is 1.11. The second-order valence-corrected chi connectivity index (χ2v) is 2.95. The summed E-state index contributed by atoms with van der Waals surface area (Å²) < 4.78 is 5.39. The predicted molar refractivity (Wildman–Crippen MR) is 46.1 cm³/mol. The van der Waals surface area contributed by atoms with Crippen LogP contribution < -0.4 is 4.74 Å². The first-order valence-electron chi connectivity index (χ1n) is 3.52. The monoisotopic (exact) mass is 169 g/mol. The summed E-state index contributed by atoms with van der Waals surface area (Å²) in [6.07, 6.45) is 0.188. The maximum absolute atomic E-state index is 5.69. The Bertz CT molecular complexity index is 233. The zero-order valence-electron chi connectivity index (χ0n) is 6.60. The normalized spacial score (nSPS) is 10.2. The van der Waals surface area contributed by atoms with E-state index in [1.54, 1.807) is 12.1 Å². The molecule has 0 amide bonds. The highest BCUT2D eigenvalue weighted by atomic mass is 35.5. The molecule has 0 heterocycles. The first kappa shape index (κ1) is 8.41. The van der Waals surface area contributed by atoms with Gasteiger partial charge in [-0.05, 0) is 32.0 Å². The maximum atomic E-state index is 5.69. The molecule has 1 nitrogen and oxygen atoms in total. The molecule has 0 fully saturated rings. The predicted octanol–water partition coefficient (Wildman–Crippen LogP) is 2.93. The van der Waals surface area contributed by atoms with Crippen molar-refractivity contribution in [2.45, 2.75) is 20.0 Å². The smallest absolute Gasteiger partial charge is 0.121 e. The van der Waals surface area contributed by atoms with Crippen molar-refractivity contribution in [3.8, 4) is 5.75 Å². The van der Waals surface area contributed by atoms with Crippen LogP contribution in [0.3, 0.4) is 0 Å². The molecule has 1 rings (SSSR count). The molecule has 1 radical (unpaired) electrons. The molecule has 0 aromatic heterocycles. The van der Waals surface area contributed by atoms with Crippen LogP contribution in [-0.2, 0) is 0 Å². The molecule has 2 heteroatoms. The lowest BCUT2D eigenvalue weighted by molar-refractivity contribution is 0.242. The minimum absolute atomic E-state index is 0.188. The van der Waals surface area contributed by atoms with Crippen molar-refractivity contribution < 1.29 is 4.74 Å². The largest absolute Gasteiger partial charge is 0.491 e. The average molecular weight is 170 g/mol. The molecular formula is C9H10ClO. The van der Waals surface area contributed by atoms with Crippen LogP contribution in [0.2, 0.25) is 5.02 Å². The summed E-state index contributed by atoms with van der Waals surface area (Å²) in [5.41, 5.74) is 0. The summed E-state index contributed by atoms with van der Waals surface area (Å²) in [6.45, 7) is 3.95. The van der Waals surface area contributed by atoms with Gasteiger partial charge in [-0.25, -0.2) is 0 Å². The summed E-state index contributed by atoms with van der Waals surface area (Å²) in [6, 6.07) is 8.17. The first-order valence-corrected chi connectivity index (χ1v) is 3.90.